The molecule has 4 heteroatoms. The van der Waals surface area contributed by atoms with Crippen LogP contribution in [-0.4, -0.2) is 17.0 Å². The van der Waals surface area contributed by atoms with Crippen molar-refractivity contribution in [3.8, 4) is 0 Å². The lowest BCUT2D eigenvalue weighted by Crippen LogP contribution is -2.30. The van der Waals surface area contributed by atoms with Gasteiger partial charge in [-0.2, -0.15) is 0 Å². The molecule has 98 valence electrons. The predicted molar refractivity (Wildman–Crippen MR) is 68.9 cm³/mol. The summed E-state index contributed by atoms with van der Waals surface area (Å²) in [5.41, 5.74) is 1.00. The highest BCUT2D eigenvalue weighted by atomic mass is 16.4. The molecule has 1 atom stereocenters. The van der Waals surface area contributed by atoms with Gasteiger partial charge < -0.3 is 10.4 Å². The van der Waals surface area contributed by atoms with E-state index in [9.17, 15) is 9.59 Å². The molecule has 4 nitrogen and oxygen atoms in total. The number of carbonyl (C=O) groups is 2. The van der Waals surface area contributed by atoms with Gasteiger partial charge in [-0.1, -0.05) is 44.2 Å². The maximum absolute atomic E-state index is 11.7. The molecule has 1 unspecified atom stereocenters. The molecule has 0 fully saturated rings. The Kier molecular flexibility index (Phi) is 5.36. The van der Waals surface area contributed by atoms with E-state index in [1.807, 2.05) is 44.2 Å². The average molecular weight is 249 g/mol. The SMILES string of the molecule is CC(C)C(CC(=O)NCc1ccccc1)C(=O)O. The second-order valence-electron chi connectivity index (χ2n) is 4.66. The summed E-state index contributed by atoms with van der Waals surface area (Å²) in [6, 6.07) is 9.53. The first kappa shape index (κ1) is 14.2. The average Bonchev–Trinajstić information content (AvgIpc) is 2.34. The van der Waals surface area contributed by atoms with Crippen LogP contribution in [0.1, 0.15) is 25.8 Å². The van der Waals surface area contributed by atoms with Crippen LogP contribution in [0.5, 0.6) is 0 Å². The van der Waals surface area contributed by atoms with Crippen LogP contribution >= 0.6 is 0 Å². The quantitative estimate of drug-likeness (QED) is 0.811. The molecule has 0 aliphatic heterocycles. The van der Waals surface area contributed by atoms with Gasteiger partial charge >= 0.3 is 5.97 Å². The summed E-state index contributed by atoms with van der Waals surface area (Å²) >= 11 is 0. The molecule has 0 spiro atoms. The van der Waals surface area contributed by atoms with Crippen LogP contribution in [0.2, 0.25) is 0 Å². The Labute approximate surface area is 107 Å². The minimum Gasteiger partial charge on any atom is -0.481 e. The van der Waals surface area contributed by atoms with Gasteiger partial charge in [0.2, 0.25) is 5.91 Å². The third-order valence-corrected chi connectivity index (χ3v) is 2.86. The van der Waals surface area contributed by atoms with Crippen LogP contribution in [0.25, 0.3) is 0 Å². The highest BCUT2D eigenvalue weighted by Gasteiger charge is 2.24. The van der Waals surface area contributed by atoms with Gasteiger partial charge in [0.05, 0.1) is 5.92 Å². The van der Waals surface area contributed by atoms with E-state index in [1.54, 1.807) is 0 Å². The number of carboxylic acid groups (broad SMARTS) is 1. The van der Waals surface area contributed by atoms with E-state index in [0.717, 1.165) is 5.56 Å². The Balaban J connectivity index is 2.44. The van der Waals surface area contributed by atoms with Gasteiger partial charge in [0.25, 0.3) is 0 Å². The fourth-order valence-electron chi connectivity index (χ4n) is 1.68. The predicted octanol–water partition coefficient (Wildman–Crippen LogP) is 2.05. The topological polar surface area (TPSA) is 66.4 Å². The molecule has 0 radical (unpaired) electrons. The van der Waals surface area contributed by atoms with Gasteiger partial charge in [-0.15, -0.1) is 0 Å². The van der Waals surface area contributed by atoms with E-state index in [0.29, 0.717) is 6.54 Å². The van der Waals surface area contributed by atoms with Crippen molar-refractivity contribution < 1.29 is 14.7 Å². The van der Waals surface area contributed by atoms with Gasteiger partial charge in [-0.3, -0.25) is 9.59 Å². The Morgan fingerprint density at radius 3 is 2.33 bits per heavy atom. The van der Waals surface area contributed by atoms with Crippen LogP contribution in [0.3, 0.4) is 0 Å². The van der Waals surface area contributed by atoms with Gasteiger partial charge in [-0.05, 0) is 11.5 Å². The number of aliphatic carboxylic acids is 1. The highest BCUT2D eigenvalue weighted by Crippen LogP contribution is 2.15. The maximum Gasteiger partial charge on any atom is 0.307 e. The molecule has 0 saturated carbocycles. The van der Waals surface area contributed by atoms with Crippen molar-refractivity contribution in [2.24, 2.45) is 11.8 Å². The number of rotatable bonds is 6. The first-order valence-electron chi connectivity index (χ1n) is 6.04. The fraction of sp³-hybridized carbons (Fsp3) is 0.429. The summed E-state index contributed by atoms with van der Waals surface area (Å²) in [5, 5.41) is 11.7. The molecule has 0 bridgehead atoms. The molecule has 2 N–H and O–H groups in total. The van der Waals surface area contributed by atoms with Gasteiger partial charge in [-0.25, -0.2) is 0 Å². The summed E-state index contributed by atoms with van der Waals surface area (Å²) in [5.74, 6) is -1.81. The number of hydrogen-bond acceptors (Lipinski definition) is 2. The summed E-state index contributed by atoms with van der Waals surface area (Å²) in [4.78, 5) is 22.6. The third kappa shape index (κ3) is 4.57. The maximum atomic E-state index is 11.7. The molecular weight excluding hydrogens is 230 g/mol. The first-order chi connectivity index (χ1) is 8.50. The lowest BCUT2D eigenvalue weighted by atomic mass is 9.92. The number of nitrogens with one attached hydrogen (secondary N) is 1. The second kappa shape index (κ2) is 6.79. The van der Waals surface area contributed by atoms with Crippen molar-refractivity contribution in [2.75, 3.05) is 0 Å². The number of carboxylic acids is 1. The summed E-state index contributed by atoms with van der Waals surface area (Å²) in [6.07, 6.45) is 0.0276. The van der Waals surface area contributed by atoms with Crippen LogP contribution in [-0.2, 0) is 16.1 Å². The van der Waals surface area contributed by atoms with Gasteiger partial charge in [0.1, 0.15) is 0 Å². The van der Waals surface area contributed by atoms with Crippen LogP contribution in [0, 0.1) is 11.8 Å². The van der Waals surface area contributed by atoms with Crippen molar-refractivity contribution in [1.29, 1.82) is 0 Å². The molecule has 0 saturated heterocycles. The first-order valence-corrected chi connectivity index (χ1v) is 6.04. The number of hydrogen-bond donors (Lipinski definition) is 2. The van der Waals surface area contributed by atoms with Crippen molar-refractivity contribution in [3.05, 3.63) is 35.9 Å². The zero-order valence-electron chi connectivity index (χ0n) is 10.7. The Bertz CT molecular complexity index is 401. The van der Waals surface area contributed by atoms with Crippen molar-refractivity contribution in [1.82, 2.24) is 5.32 Å². The van der Waals surface area contributed by atoms with E-state index < -0.39 is 11.9 Å². The summed E-state index contributed by atoms with van der Waals surface area (Å²) in [7, 11) is 0. The van der Waals surface area contributed by atoms with Gasteiger partial charge in [0.15, 0.2) is 0 Å². The smallest absolute Gasteiger partial charge is 0.307 e. The van der Waals surface area contributed by atoms with Crippen molar-refractivity contribution in [2.45, 2.75) is 26.8 Å². The molecule has 1 amide bonds. The zero-order valence-corrected chi connectivity index (χ0v) is 10.7. The lowest BCUT2D eigenvalue weighted by molar-refractivity contribution is -0.145. The largest absolute Gasteiger partial charge is 0.481 e. The highest BCUT2D eigenvalue weighted by molar-refractivity contribution is 5.82. The van der Waals surface area contributed by atoms with E-state index in [-0.39, 0.29) is 18.2 Å². The number of benzene rings is 1. The minimum absolute atomic E-state index is 0.0276. The zero-order chi connectivity index (χ0) is 13.5. The Morgan fingerprint density at radius 2 is 1.83 bits per heavy atom. The van der Waals surface area contributed by atoms with E-state index in [2.05, 4.69) is 5.32 Å². The van der Waals surface area contributed by atoms with Crippen molar-refractivity contribution in [3.63, 3.8) is 0 Å². The molecule has 1 aromatic rings. The standard InChI is InChI=1S/C14H19NO3/c1-10(2)12(14(17)18)8-13(16)15-9-11-6-4-3-5-7-11/h3-7,10,12H,8-9H2,1-2H3,(H,15,16)(H,17,18). The summed E-state index contributed by atoms with van der Waals surface area (Å²) < 4.78 is 0. The van der Waals surface area contributed by atoms with Crippen LogP contribution in [0.15, 0.2) is 30.3 Å². The van der Waals surface area contributed by atoms with Crippen LogP contribution in [0.4, 0.5) is 0 Å². The lowest BCUT2D eigenvalue weighted by Gasteiger charge is -2.15. The number of carbonyl (C=O) groups excluding carboxylic acids is 1. The van der Waals surface area contributed by atoms with Gasteiger partial charge in [0, 0.05) is 13.0 Å². The second-order valence-corrected chi connectivity index (χ2v) is 4.66. The normalized spacial score (nSPS) is 12.2. The molecule has 1 aromatic carbocycles. The summed E-state index contributed by atoms with van der Waals surface area (Å²) in [6.45, 7) is 4.05. The monoisotopic (exact) mass is 249 g/mol. The molecule has 0 aromatic heterocycles. The number of amides is 1. The molecular formula is C14H19NO3. The fourth-order valence-corrected chi connectivity index (χ4v) is 1.68. The minimum atomic E-state index is -0.917. The third-order valence-electron chi connectivity index (χ3n) is 2.86. The van der Waals surface area contributed by atoms with Crippen molar-refractivity contribution >= 4 is 11.9 Å². The van der Waals surface area contributed by atoms with E-state index in [4.69, 9.17) is 5.11 Å². The van der Waals surface area contributed by atoms with Crippen LogP contribution < -0.4 is 5.32 Å². The van der Waals surface area contributed by atoms with E-state index >= 15 is 0 Å². The molecule has 0 heterocycles. The molecule has 0 aliphatic rings. The Hall–Kier alpha value is -1.84. The molecule has 0 aliphatic carbocycles. The van der Waals surface area contributed by atoms with E-state index in [1.165, 1.54) is 0 Å². The molecule has 18 heavy (non-hydrogen) atoms. The molecule has 1 rings (SSSR count). The Morgan fingerprint density at radius 1 is 1.22 bits per heavy atom.